The Morgan fingerprint density at radius 1 is 1.07 bits per heavy atom. The normalized spacial score (nSPS) is 13.4. The maximum atomic E-state index is 15.4. The number of carbonyl (C=O) groups excluding carboxylic acids is 3. The minimum absolute atomic E-state index is 0.148. The van der Waals surface area contributed by atoms with E-state index in [2.05, 4.69) is 16.2 Å². The second-order valence-corrected chi connectivity index (χ2v) is 15.3. The summed E-state index contributed by atoms with van der Waals surface area (Å²) in [4.78, 5) is 49.3. The highest BCUT2D eigenvalue weighted by atomic mass is 32.1. The highest BCUT2D eigenvalue weighted by Crippen LogP contribution is 2.41. The van der Waals surface area contributed by atoms with Gasteiger partial charge < -0.3 is 24.2 Å². The molecule has 3 atom stereocenters. The summed E-state index contributed by atoms with van der Waals surface area (Å²) < 4.78 is 49.0. The molecule has 5 rings (SSSR count). The molecule has 0 radical (unpaired) electrons. The molecule has 0 aliphatic heterocycles. The van der Waals surface area contributed by atoms with E-state index in [1.54, 1.807) is 76.4 Å². The van der Waals surface area contributed by atoms with Crippen molar-refractivity contribution in [2.24, 2.45) is 0 Å². The Kier molecular flexibility index (Phi) is 13.2. The Balaban J connectivity index is 1.28. The van der Waals surface area contributed by atoms with Gasteiger partial charge in [0.1, 0.15) is 48.4 Å². The zero-order valence-corrected chi connectivity index (χ0v) is 33.7. The number of pyridine rings is 1. The monoisotopic (exact) mass is 817 g/mol. The number of carbonyl (C=O) groups is 3. The molecule has 0 saturated heterocycles. The van der Waals surface area contributed by atoms with Gasteiger partial charge in [-0.05, 0) is 57.2 Å². The molecule has 5 aromatic rings. The number of esters is 1. The minimum Gasteiger partial charge on any atom is -0.459 e. The van der Waals surface area contributed by atoms with Gasteiger partial charge in [0.15, 0.2) is 0 Å². The van der Waals surface area contributed by atoms with Crippen LogP contribution in [-0.4, -0.2) is 74.2 Å². The number of likely N-dealkylation sites (N-methyl/N-ethyl adjacent to an activating group) is 1. The standard InChI is InChI=1S/C40H43F2N8O7S/c1-25(36-46-33(21-58-36)28-12-10-27(18-43)11-13-28)40(54,31-17-30(41)14-15-32(31)42)22-50-24-49(23-45-50)26(2)56-38(53)48(7)35-29(9-8-16-44-35)20-55-34(51)19-47(6)37(52)57-39(3,4)5/h8-17,21,23-26,54H,19-20,22H2,1-7H3/q+1/t25-,26?,40+/m1/s1. The summed E-state index contributed by atoms with van der Waals surface area (Å²) in [6, 6.07) is 14.9. The molecule has 3 heterocycles. The Hall–Kier alpha value is -6.32. The van der Waals surface area contributed by atoms with Crippen molar-refractivity contribution in [3.8, 4) is 17.3 Å². The van der Waals surface area contributed by atoms with Gasteiger partial charge in [0.2, 0.25) is 12.6 Å². The number of anilines is 1. The summed E-state index contributed by atoms with van der Waals surface area (Å²) in [5.41, 5.74) is -0.932. The fourth-order valence-electron chi connectivity index (χ4n) is 5.70. The third-order valence-corrected chi connectivity index (χ3v) is 9.95. The maximum absolute atomic E-state index is 15.4. The van der Waals surface area contributed by atoms with Crippen molar-refractivity contribution in [1.82, 2.24) is 24.6 Å². The lowest BCUT2D eigenvalue weighted by atomic mass is 9.82. The number of amides is 2. The first-order chi connectivity index (χ1) is 27.4. The Bertz CT molecular complexity index is 2310. The van der Waals surface area contributed by atoms with Crippen molar-refractivity contribution >= 4 is 35.3 Å². The van der Waals surface area contributed by atoms with E-state index < -0.39 is 53.1 Å². The van der Waals surface area contributed by atoms with Gasteiger partial charge in [-0.1, -0.05) is 25.1 Å². The number of halogens is 2. The number of thiazole rings is 1. The highest BCUT2D eigenvalue weighted by Gasteiger charge is 2.43. The summed E-state index contributed by atoms with van der Waals surface area (Å²) in [5.74, 6) is -3.02. The average molecular weight is 818 g/mol. The lowest BCUT2D eigenvalue weighted by Gasteiger charge is -2.32. The second-order valence-electron chi connectivity index (χ2n) is 14.4. The van der Waals surface area contributed by atoms with Gasteiger partial charge >= 0.3 is 18.2 Å². The van der Waals surface area contributed by atoms with Gasteiger partial charge in [-0.15, -0.1) is 16.0 Å². The van der Waals surface area contributed by atoms with Crippen LogP contribution >= 0.6 is 11.3 Å². The molecule has 1 unspecified atom stereocenters. The van der Waals surface area contributed by atoms with Gasteiger partial charge in [0, 0.05) is 60.3 Å². The number of aliphatic hydroxyl groups is 1. The maximum Gasteiger partial charge on any atom is 0.418 e. The fourth-order valence-corrected chi connectivity index (χ4v) is 6.67. The number of rotatable bonds is 13. The predicted octanol–water partition coefficient (Wildman–Crippen LogP) is 6.23. The molecular weight excluding hydrogens is 775 g/mol. The van der Waals surface area contributed by atoms with E-state index in [9.17, 15) is 23.9 Å². The topological polar surface area (TPSA) is 177 Å². The van der Waals surface area contributed by atoms with Crippen LogP contribution in [0.15, 0.2) is 78.8 Å². The van der Waals surface area contributed by atoms with Crippen LogP contribution in [0.5, 0.6) is 0 Å². The van der Waals surface area contributed by atoms with Gasteiger partial charge in [-0.3, -0.25) is 9.69 Å². The van der Waals surface area contributed by atoms with E-state index in [0.29, 0.717) is 21.8 Å². The summed E-state index contributed by atoms with van der Waals surface area (Å²) in [7, 11) is 2.83. The van der Waals surface area contributed by atoms with Crippen molar-refractivity contribution in [3.05, 3.63) is 112 Å². The number of aromatic nitrogens is 5. The van der Waals surface area contributed by atoms with Crippen molar-refractivity contribution in [1.29, 1.82) is 5.26 Å². The SMILES string of the molecule is CC(OC(=O)N(C)c1ncccc1COC(=O)CN(C)C(=O)OC(C)(C)C)[n+]1cnn(C[C@@](O)(c2cc(F)ccc2F)[C@H](C)c2nc(-c3ccc(C#N)cc3)cs2)c1. The molecule has 58 heavy (non-hydrogen) atoms. The number of hydrogen-bond acceptors (Lipinski definition) is 12. The van der Waals surface area contributed by atoms with Gasteiger partial charge in [0.05, 0.1) is 22.3 Å². The third-order valence-electron chi connectivity index (χ3n) is 8.93. The molecule has 0 bridgehead atoms. The molecule has 0 fully saturated rings. The quantitative estimate of drug-likeness (QED) is 0.0810. The van der Waals surface area contributed by atoms with Crippen LogP contribution in [-0.2, 0) is 37.8 Å². The molecule has 1 N–H and O–H groups in total. The van der Waals surface area contributed by atoms with Crippen LogP contribution in [0.25, 0.3) is 11.3 Å². The highest BCUT2D eigenvalue weighted by molar-refractivity contribution is 7.10. The molecule has 2 amide bonds. The van der Waals surface area contributed by atoms with Gasteiger partial charge in [-0.2, -0.15) is 9.83 Å². The van der Waals surface area contributed by atoms with E-state index >= 15 is 4.39 Å². The molecule has 18 heteroatoms. The molecule has 0 aliphatic rings. The first kappa shape index (κ1) is 42.8. The van der Waals surface area contributed by atoms with E-state index in [1.807, 2.05) is 0 Å². The van der Waals surface area contributed by atoms with Crippen LogP contribution in [0.2, 0.25) is 0 Å². The van der Waals surface area contributed by atoms with E-state index in [-0.39, 0.29) is 31.1 Å². The molecular formula is C40H43F2N8O7S+. The average Bonchev–Trinajstić information content (AvgIpc) is 3.87. The summed E-state index contributed by atoms with van der Waals surface area (Å²) >= 11 is 1.23. The Morgan fingerprint density at radius 2 is 1.79 bits per heavy atom. The van der Waals surface area contributed by atoms with Crippen molar-refractivity contribution in [3.63, 3.8) is 0 Å². The zero-order valence-electron chi connectivity index (χ0n) is 32.9. The molecule has 304 valence electrons. The van der Waals surface area contributed by atoms with Gasteiger partial charge in [0.25, 0.3) is 6.33 Å². The van der Waals surface area contributed by atoms with Crippen molar-refractivity contribution in [2.75, 3.05) is 25.5 Å². The van der Waals surface area contributed by atoms with Crippen LogP contribution in [0, 0.1) is 23.0 Å². The second kappa shape index (κ2) is 17.9. The number of nitrogens with zero attached hydrogens (tertiary/aromatic N) is 8. The lowest BCUT2D eigenvalue weighted by molar-refractivity contribution is -0.753. The molecule has 2 aromatic carbocycles. The largest absolute Gasteiger partial charge is 0.459 e. The smallest absolute Gasteiger partial charge is 0.418 e. The fraction of sp³-hybridized carbons (Fsp3) is 0.350. The third kappa shape index (κ3) is 10.3. The number of nitriles is 1. The summed E-state index contributed by atoms with van der Waals surface area (Å²) in [6.45, 7) is 7.36. The van der Waals surface area contributed by atoms with Crippen LogP contribution in [0.1, 0.15) is 68.5 Å². The van der Waals surface area contributed by atoms with E-state index in [4.69, 9.17) is 24.5 Å². The van der Waals surface area contributed by atoms with Crippen LogP contribution in [0.3, 0.4) is 0 Å². The first-order valence-electron chi connectivity index (χ1n) is 17.9. The molecule has 15 nitrogen and oxygen atoms in total. The van der Waals surface area contributed by atoms with Crippen molar-refractivity contribution in [2.45, 2.75) is 71.1 Å². The number of benzene rings is 2. The van der Waals surface area contributed by atoms with Crippen LogP contribution in [0.4, 0.5) is 24.2 Å². The van der Waals surface area contributed by atoms with Gasteiger partial charge in [-0.25, -0.2) is 28.3 Å². The summed E-state index contributed by atoms with van der Waals surface area (Å²) in [5, 5.41) is 28.0. The van der Waals surface area contributed by atoms with E-state index in [1.165, 1.54) is 53.5 Å². The molecule has 0 spiro atoms. The molecule has 0 saturated carbocycles. The first-order valence-corrected chi connectivity index (χ1v) is 18.8. The van der Waals surface area contributed by atoms with E-state index in [0.717, 1.165) is 33.6 Å². The van der Waals surface area contributed by atoms with Crippen molar-refractivity contribution < 1.29 is 47.0 Å². The molecule has 3 aromatic heterocycles. The lowest BCUT2D eigenvalue weighted by Crippen LogP contribution is -2.42. The molecule has 0 aliphatic carbocycles. The Morgan fingerprint density at radius 3 is 2.48 bits per heavy atom. The zero-order chi connectivity index (χ0) is 42.4. The predicted molar refractivity (Wildman–Crippen MR) is 206 cm³/mol. The number of ether oxygens (including phenoxy) is 3. The summed E-state index contributed by atoms with van der Waals surface area (Å²) in [6.07, 6.45) is 1.77. The Labute approximate surface area is 337 Å². The van der Waals surface area contributed by atoms with Crippen LogP contribution < -0.4 is 9.47 Å². The minimum atomic E-state index is -2.07. The number of hydrogen-bond donors (Lipinski definition) is 1.